The SMILES string of the molecule is CCOC(=O)N1CCC(NC(=NCC(=O)N(C)C)NCc2ncc(CC)s2)CC1. The molecule has 29 heavy (non-hydrogen) atoms. The van der Waals surface area contributed by atoms with Gasteiger partial charge in [0.2, 0.25) is 5.91 Å². The molecule has 0 atom stereocenters. The van der Waals surface area contributed by atoms with E-state index in [9.17, 15) is 9.59 Å². The summed E-state index contributed by atoms with van der Waals surface area (Å²) in [5.41, 5.74) is 0. The number of carbonyl (C=O) groups is 2. The molecule has 1 saturated heterocycles. The van der Waals surface area contributed by atoms with Crippen LogP contribution in [-0.2, 0) is 22.5 Å². The fourth-order valence-electron chi connectivity index (χ4n) is 2.81. The molecule has 0 saturated carbocycles. The first-order valence-electron chi connectivity index (χ1n) is 10.0. The number of hydrogen-bond acceptors (Lipinski definition) is 6. The number of thiazole rings is 1. The number of ether oxygens (including phenoxy) is 1. The molecule has 2 amide bonds. The van der Waals surface area contributed by atoms with Crippen LogP contribution in [0.3, 0.4) is 0 Å². The third kappa shape index (κ3) is 7.52. The van der Waals surface area contributed by atoms with Gasteiger partial charge in [0, 0.05) is 44.3 Å². The second-order valence-electron chi connectivity index (χ2n) is 6.98. The summed E-state index contributed by atoms with van der Waals surface area (Å²) >= 11 is 1.67. The van der Waals surface area contributed by atoms with Gasteiger partial charge in [0.15, 0.2) is 5.96 Å². The summed E-state index contributed by atoms with van der Waals surface area (Å²) in [6, 6.07) is 0.170. The molecule has 1 aromatic rings. The summed E-state index contributed by atoms with van der Waals surface area (Å²) in [7, 11) is 3.43. The highest BCUT2D eigenvalue weighted by atomic mass is 32.1. The molecule has 2 N–H and O–H groups in total. The average molecular weight is 425 g/mol. The van der Waals surface area contributed by atoms with E-state index in [1.54, 1.807) is 30.3 Å². The van der Waals surface area contributed by atoms with Gasteiger partial charge in [-0.3, -0.25) is 4.79 Å². The number of aryl methyl sites for hydroxylation is 1. The number of nitrogens with zero attached hydrogens (tertiary/aromatic N) is 4. The van der Waals surface area contributed by atoms with Gasteiger partial charge < -0.3 is 25.2 Å². The molecule has 0 spiro atoms. The molecule has 1 aliphatic rings. The maximum absolute atomic E-state index is 11.9. The van der Waals surface area contributed by atoms with Crippen LogP contribution in [0, 0.1) is 0 Å². The van der Waals surface area contributed by atoms with Gasteiger partial charge in [0.25, 0.3) is 0 Å². The minimum Gasteiger partial charge on any atom is -0.450 e. The third-order valence-corrected chi connectivity index (χ3v) is 5.73. The van der Waals surface area contributed by atoms with Crippen molar-refractivity contribution in [1.29, 1.82) is 0 Å². The predicted octanol–water partition coefficient (Wildman–Crippen LogP) is 1.45. The topological polar surface area (TPSA) is 99.2 Å². The third-order valence-electron chi connectivity index (χ3n) is 4.59. The zero-order valence-corrected chi connectivity index (χ0v) is 18.5. The lowest BCUT2D eigenvalue weighted by atomic mass is 10.1. The Morgan fingerprint density at radius 2 is 2.07 bits per heavy atom. The van der Waals surface area contributed by atoms with Crippen LogP contribution in [0.25, 0.3) is 0 Å². The Labute approximate surface area is 176 Å². The first-order chi connectivity index (χ1) is 13.9. The number of piperidine rings is 1. The molecule has 0 radical (unpaired) electrons. The van der Waals surface area contributed by atoms with Gasteiger partial charge in [-0.25, -0.2) is 14.8 Å². The predicted molar refractivity (Wildman–Crippen MR) is 114 cm³/mol. The van der Waals surface area contributed by atoms with Gasteiger partial charge in [-0.1, -0.05) is 6.92 Å². The van der Waals surface area contributed by atoms with E-state index >= 15 is 0 Å². The highest BCUT2D eigenvalue weighted by molar-refractivity contribution is 7.11. The van der Waals surface area contributed by atoms with Gasteiger partial charge in [0.05, 0.1) is 13.2 Å². The first-order valence-corrected chi connectivity index (χ1v) is 10.8. The first kappa shape index (κ1) is 22.9. The zero-order valence-electron chi connectivity index (χ0n) is 17.7. The van der Waals surface area contributed by atoms with Crippen LogP contribution in [0.15, 0.2) is 11.2 Å². The molecule has 2 rings (SSSR count). The van der Waals surface area contributed by atoms with Crippen LogP contribution in [0.4, 0.5) is 4.79 Å². The van der Waals surface area contributed by atoms with Crippen LogP contribution < -0.4 is 10.6 Å². The lowest BCUT2D eigenvalue weighted by Gasteiger charge is -2.32. The Balaban J connectivity index is 1.93. The van der Waals surface area contributed by atoms with Crippen LogP contribution in [0.1, 0.15) is 36.6 Å². The summed E-state index contributed by atoms with van der Waals surface area (Å²) in [5.74, 6) is 0.522. The van der Waals surface area contributed by atoms with Gasteiger partial charge in [-0.05, 0) is 26.2 Å². The summed E-state index contributed by atoms with van der Waals surface area (Å²) in [6.45, 7) is 6.18. The second kappa shape index (κ2) is 11.6. The number of guanidine groups is 1. The van der Waals surface area contributed by atoms with Crippen LogP contribution in [-0.4, -0.2) is 79.1 Å². The highest BCUT2D eigenvalue weighted by Gasteiger charge is 2.24. The Bertz CT molecular complexity index is 698. The minimum absolute atomic E-state index is 0.0641. The Morgan fingerprint density at radius 3 is 2.66 bits per heavy atom. The van der Waals surface area contributed by atoms with Crippen molar-refractivity contribution in [3.63, 3.8) is 0 Å². The van der Waals surface area contributed by atoms with Crippen molar-refractivity contribution in [2.75, 3.05) is 40.3 Å². The standard InChI is InChI=1S/C19H32N6O3S/c1-5-15-11-20-16(29-15)12-21-18(22-13-17(26)24(3)4)23-14-7-9-25(10-8-14)19(27)28-6-2/h11,14H,5-10,12-13H2,1-4H3,(H2,21,22,23). The molecule has 0 aromatic carbocycles. The van der Waals surface area contributed by atoms with Crippen molar-refractivity contribution < 1.29 is 14.3 Å². The summed E-state index contributed by atoms with van der Waals surface area (Å²) < 4.78 is 5.07. The van der Waals surface area contributed by atoms with E-state index in [1.165, 1.54) is 9.78 Å². The fourth-order valence-corrected chi connectivity index (χ4v) is 3.61. The van der Waals surface area contributed by atoms with E-state index < -0.39 is 0 Å². The van der Waals surface area contributed by atoms with E-state index in [0.717, 1.165) is 24.3 Å². The lowest BCUT2D eigenvalue weighted by molar-refractivity contribution is -0.127. The van der Waals surface area contributed by atoms with Gasteiger partial charge >= 0.3 is 6.09 Å². The van der Waals surface area contributed by atoms with Gasteiger partial charge in [-0.15, -0.1) is 11.3 Å². The average Bonchev–Trinajstić information content (AvgIpc) is 3.18. The van der Waals surface area contributed by atoms with Crippen molar-refractivity contribution >= 4 is 29.3 Å². The van der Waals surface area contributed by atoms with E-state index in [0.29, 0.717) is 32.2 Å². The minimum atomic E-state index is -0.259. The number of amides is 2. The van der Waals surface area contributed by atoms with Crippen molar-refractivity contribution in [2.45, 2.75) is 45.7 Å². The van der Waals surface area contributed by atoms with Gasteiger partial charge in [0.1, 0.15) is 11.6 Å². The molecule has 0 aliphatic carbocycles. The molecule has 2 heterocycles. The summed E-state index contributed by atoms with van der Waals surface area (Å²) in [5, 5.41) is 7.66. The Kier molecular flexibility index (Phi) is 9.17. The fraction of sp³-hybridized carbons (Fsp3) is 0.684. The van der Waals surface area contributed by atoms with Gasteiger partial charge in [-0.2, -0.15) is 0 Å². The smallest absolute Gasteiger partial charge is 0.409 e. The Morgan fingerprint density at radius 1 is 1.34 bits per heavy atom. The summed E-state index contributed by atoms with van der Waals surface area (Å²) in [4.78, 5) is 37.1. The van der Waals surface area contributed by atoms with Crippen molar-refractivity contribution in [1.82, 2.24) is 25.4 Å². The van der Waals surface area contributed by atoms with E-state index in [4.69, 9.17) is 4.74 Å². The lowest BCUT2D eigenvalue weighted by Crippen LogP contribution is -2.50. The molecule has 1 fully saturated rings. The van der Waals surface area contributed by atoms with Crippen LogP contribution >= 0.6 is 11.3 Å². The zero-order chi connectivity index (χ0) is 21.2. The number of likely N-dealkylation sites (N-methyl/N-ethyl adjacent to an activating group) is 1. The number of hydrogen-bond donors (Lipinski definition) is 2. The monoisotopic (exact) mass is 424 g/mol. The largest absolute Gasteiger partial charge is 0.450 e. The van der Waals surface area contributed by atoms with Crippen molar-refractivity contribution in [2.24, 2.45) is 4.99 Å². The van der Waals surface area contributed by atoms with E-state index in [2.05, 4.69) is 27.5 Å². The van der Waals surface area contributed by atoms with Crippen LogP contribution in [0.2, 0.25) is 0 Å². The molecule has 1 aliphatic heterocycles. The molecule has 0 unspecified atom stereocenters. The highest BCUT2D eigenvalue weighted by Crippen LogP contribution is 2.14. The molecule has 9 nitrogen and oxygen atoms in total. The maximum atomic E-state index is 11.9. The van der Waals surface area contributed by atoms with E-state index in [-0.39, 0.29) is 24.6 Å². The Hall–Kier alpha value is -2.36. The summed E-state index contributed by atoms with van der Waals surface area (Å²) in [6.07, 6.45) is 4.18. The number of carbonyl (C=O) groups excluding carboxylic acids is 2. The second-order valence-corrected chi connectivity index (χ2v) is 8.18. The van der Waals surface area contributed by atoms with Crippen LogP contribution in [0.5, 0.6) is 0 Å². The number of aromatic nitrogens is 1. The number of likely N-dealkylation sites (tertiary alicyclic amines) is 1. The maximum Gasteiger partial charge on any atom is 0.409 e. The van der Waals surface area contributed by atoms with Crippen molar-refractivity contribution in [3.8, 4) is 0 Å². The molecular formula is C19H32N6O3S. The quantitative estimate of drug-likeness (QED) is 0.508. The number of rotatable bonds is 7. The molecular weight excluding hydrogens is 392 g/mol. The molecule has 10 heteroatoms. The molecule has 0 bridgehead atoms. The van der Waals surface area contributed by atoms with Crippen molar-refractivity contribution in [3.05, 3.63) is 16.1 Å². The normalized spacial score (nSPS) is 15.2. The number of nitrogens with one attached hydrogen (secondary N) is 2. The number of aliphatic imine (C=N–C) groups is 1. The van der Waals surface area contributed by atoms with E-state index in [1.807, 2.05) is 13.1 Å². The molecule has 1 aromatic heterocycles. The molecule has 162 valence electrons.